The van der Waals surface area contributed by atoms with E-state index in [1.54, 1.807) is 0 Å². The maximum atomic E-state index is 10.4. The number of carbonyl (C=O) groups is 1. The Balaban J connectivity index is 1.98. The van der Waals surface area contributed by atoms with Crippen molar-refractivity contribution in [2.45, 2.75) is 19.3 Å². The summed E-state index contributed by atoms with van der Waals surface area (Å²) < 4.78 is 0. The minimum absolute atomic E-state index is 0.168. The summed E-state index contributed by atoms with van der Waals surface area (Å²) in [5, 5.41) is 14.9. The molecule has 0 saturated carbocycles. The summed E-state index contributed by atoms with van der Waals surface area (Å²) in [6, 6.07) is 9.92. The van der Waals surface area contributed by atoms with Gasteiger partial charge in [0, 0.05) is 18.7 Å². The number of hydrogen-bond acceptors (Lipinski definition) is 3. The maximum absolute atomic E-state index is 10.4. The third kappa shape index (κ3) is 2.59. The molecule has 0 aromatic heterocycles. The van der Waals surface area contributed by atoms with Crippen molar-refractivity contribution in [1.29, 1.82) is 0 Å². The van der Waals surface area contributed by atoms with Crippen LogP contribution in [0.15, 0.2) is 35.4 Å². The van der Waals surface area contributed by atoms with Crippen molar-refractivity contribution in [1.82, 2.24) is 0 Å². The molecule has 0 spiro atoms. The van der Waals surface area contributed by atoms with Crippen LogP contribution < -0.4 is 5.01 Å². The molecule has 0 radical (unpaired) electrons. The van der Waals surface area contributed by atoms with Crippen LogP contribution in [0.25, 0.3) is 0 Å². The molecular formula is C12H14N2O2. The molecule has 0 saturated heterocycles. The molecule has 0 unspecified atom stereocenters. The lowest BCUT2D eigenvalue weighted by atomic mass is 10.1. The number of carboxylic acid groups (broad SMARTS) is 1. The van der Waals surface area contributed by atoms with Gasteiger partial charge in [0.05, 0.1) is 12.1 Å². The van der Waals surface area contributed by atoms with Crippen molar-refractivity contribution in [3.63, 3.8) is 0 Å². The summed E-state index contributed by atoms with van der Waals surface area (Å²) in [4.78, 5) is 10.4. The standard InChI is InChI=1S/C12H14N2O2/c15-12(16)7-6-10-8-9-14(13-10)11-4-2-1-3-5-11/h1-5H,6-9H2,(H,15,16). The van der Waals surface area contributed by atoms with Crippen LogP contribution in [0.1, 0.15) is 19.3 Å². The van der Waals surface area contributed by atoms with E-state index in [9.17, 15) is 4.79 Å². The number of hydrazone groups is 1. The predicted molar refractivity (Wildman–Crippen MR) is 62.7 cm³/mol. The van der Waals surface area contributed by atoms with E-state index in [-0.39, 0.29) is 6.42 Å². The van der Waals surface area contributed by atoms with E-state index in [0.717, 1.165) is 24.4 Å². The molecule has 1 N–H and O–H groups in total. The smallest absolute Gasteiger partial charge is 0.303 e. The highest BCUT2D eigenvalue weighted by molar-refractivity contribution is 5.90. The second-order valence-corrected chi connectivity index (χ2v) is 3.77. The summed E-state index contributed by atoms with van der Waals surface area (Å²) in [6.07, 6.45) is 1.59. The first-order valence-electron chi connectivity index (χ1n) is 5.36. The minimum Gasteiger partial charge on any atom is -0.481 e. The number of nitrogens with zero attached hydrogens (tertiary/aromatic N) is 2. The first-order valence-corrected chi connectivity index (χ1v) is 5.36. The fourth-order valence-electron chi connectivity index (χ4n) is 1.72. The molecule has 0 fully saturated rings. The van der Waals surface area contributed by atoms with E-state index in [1.807, 2.05) is 35.3 Å². The van der Waals surface area contributed by atoms with Gasteiger partial charge in [-0.3, -0.25) is 9.80 Å². The number of hydrogen-bond donors (Lipinski definition) is 1. The topological polar surface area (TPSA) is 52.9 Å². The van der Waals surface area contributed by atoms with Crippen LogP contribution in [-0.2, 0) is 4.79 Å². The van der Waals surface area contributed by atoms with Gasteiger partial charge in [0.2, 0.25) is 0 Å². The highest BCUT2D eigenvalue weighted by Gasteiger charge is 2.15. The number of rotatable bonds is 4. The van der Waals surface area contributed by atoms with E-state index < -0.39 is 5.97 Å². The van der Waals surface area contributed by atoms with Crippen LogP contribution in [0, 0.1) is 0 Å². The largest absolute Gasteiger partial charge is 0.481 e. The number of anilines is 1. The summed E-state index contributed by atoms with van der Waals surface area (Å²) in [5.74, 6) is -0.763. The Bertz CT molecular complexity index is 401. The van der Waals surface area contributed by atoms with Crippen LogP contribution >= 0.6 is 0 Å². The van der Waals surface area contributed by atoms with Gasteiger partial charge >= 0.3 is 5.97 Å². The molecule has 84 valence electrons. The first kappa shape index (κ1) is 10.7. The highest BCUT2D eigenvalue weighted by Crippen LogP contribution is 2.19. The number of benzene rings is 1. The Morgan fingerprint density at radius 1 is 1.38 bits per heavy atom. The molecule has 1 aromatic carbocycles. The Morgan fingerprint density at radius 2 is 2.12 bits per heavy atom. The molecule has 4 heteroatoms. The monoisotopic (exact) mass is 218 g/mol. The lowest BCUT2D eigenvalue weighted by Crippen LogP contribution is -2.11. The lowest BCUT2D eigenvalue weighted by Gasteiger charge is -2.12. The van der Waals surface area contributed by atoms with Gasteiger partial charge in [-0.25, -0.2) is 0 Å². The number of aliphatic carboxylic acids is 1. The second-order valence-electron chi connectivity index (χ2n) is 3.77. The molecule has 1 aliphatic heterocycles. The SMILES string of the molecule is O=C(O)CCC1=NN(c2ccccc2)CC1. The Morgan fingerprint density at radius 3 is 2.81 bits per heavy atom. The van der Waals surface area contributed by atoms with Gasteiger partial charge < -0.3 is 5.11 Å². The van der Waals surface area contributed by atoms with Crippen LogP contribution in [0.4, 0.5) is 5.69 Å². The van der Waals surface area contributed by atoms with Gasteiger partial charge in [0.1, 0.15) is 0 Å². The number of para-hydroxylation sites is 1. The normalized spacial score (nSPS) is 15.0. The predicted octanol–water partition coefficient (Wildman–Crippen LogP) is 2.12. The quantitative estimate of drug-likeness (QED) is 0.842. The minimum atomic E-state index is -0.763. The second kappa shape index (κ2) is 4.79. The van der Waals surface area contributed by atoms with E-state index in [4.69, 9.17) is 5.11 Å². The van der Waals surface area contributed by atoms with Gasteiger partial charge in [-0.1, -0.05) is 18.2 Å². The third-order valence-corrected chi connectivity index (χ3v) is 2.56. The molecule has 0 amide bonds. The Hall–Kier alpha value is -1.84. The molecule has 0 atom stereocenters. The Labute approximate surface area is 94.2 Å². The lowest BCUT2D eigenvalue weighted by molar-refractivity contribution is -0.136. The van der Waals surface area contributed by atoms with Crippen LogP contribution in [0.2, 0.25) is 0 Å². The van der Waals surface area contributed by atoms with Crippen molar-refractivity contribution in [2.75, 3.05) is 11.6 Å². The van der Waals surface area contributed by atoms with Crippen LogP contribution in [0.3, 0.4) is 0 Å². The molecule has 1 heterocycles. The summed E-state index contributed by atoms with van der Waals surface area (Å²) >= 11 is 0. The first-order chi connectivity index (χ1) is 7.75. The zero-order chi connectivity index (χ0) is 11.4. The fraction of sp³-hybridized carbons (Fsp3) is 0.333. The van der Waals surface area contributed by atoms with Crippen molar-refractivity contribution in [3.05, 3.63) is 30.3 Å². The average Bonchev–Trinajstić information content (AvgIpc) is 2.76. The van der Waals surface area contributed by atoms with Crippen LogP contribution in [-0.4, -0.2) is 23.3 Å². The summed E-state index contributed by atoms with van der Waals surface area (Å²) in [7, 11) is 0. The van der Waals surface area contributed by atoms with Crippen molar-refractivity contribution >= 4 is 17.4 Å². The third-order valence-electron chi connectivity index (χ3n) is 2.56. The van der Waals surface area contributed by atoms with Crippen LogP contribution in [0.5, 0.6) is 0 Å². The van der Waals surface area contributed by atoms with E-state index in [0.29, 0.717) is 6.42 Å². The van der Waals surface area contributed by atoms with Gasteiger partial charge in [0.25, 0.3) is 0 Å². The fourth-order valence-corrected chi connectivity index (χ4v) is 1.72. The van der Waals surface area contributed by atoms with E-state index in [1.165, 1.54) is 0 Å². The van der Waals surface area contributed by atoms with Crippen molar-refractivity contribution in [3.8, 4) is 0 Å². The summed E-state index contributed by atoms with van der Waals surface area (Å²) in [6.45, 7) is 0.846. The van der Waals surface area contributed by atoms with Crippen molar-refractivity contribution in [2.24, 2.45) is 5.10 Å². The van der Waals surface area contributed by atoms with E-state index in [2.05, 4.69) is 5.10 Å². The molecule has 1 aromatic rings. The average molecular weight is 218 g/mol. The molecule has 2 rings (SSSR count). The van der Waals surface area contributed by atoms with E-state index >= 15 is 0 Å². The Kier molecular flexibility index (Phi) is 3.19. The molecule has 0 bridgehead atoms. The molecular weight excluding hydrogens is 204 g/mol. The van der Waals surface area contributed by atoms with Gasteiger partial charge in [-0.05, 0) is 18.6 Å². The molecule has 4 nitrogen and oxygen atoms in total. The highest BCUT2D eigenvalue weighted by atomic mass is 16.4. The summed E-state index contributed by atoms with van der Waals surface area (Å²) in [5.41, 5.74) is 2.04. The van der Waals surface area contributed by atoms with Gasteiger partial charge in [-0.15, -0.1) is 0 Å². The maximum Gasteiger partial charge on any atom is 0.303 e. The zero-order valence-electron chi connectivity index (χ0n) is 8.97. The zero-order valence-corrected chi connectivity index (χ0v) is 8.97. The van der Waals surface area contributed by atoms with Gasteiger partial charge in [0.15, 0.2) is 0 Å². The molecule has 1 aliphatic rings. The number of carboxylic acids is 1. The van der Waals surface area contributed by atoms with Gasteiger partial charge in [-0.2, -0.15) is 5.10 Å². The molecule has 16 heavy (non-hydrogen) atoms. The van der Waals surface area contributed by atoms with Crippen molar-refractivity contribution < 1.29 is 9.90 Å². The molecule has 0 aliphatic carbocycles.